The zero-order valence-electron chi connectivity index (χ0n) is 9.40. The van der Waals surface area contributed by atoms with Crippen molar-refractivity contribution in [2.75, 3.05) is 0 Å². The molecule has 0 nitrogen and oxygen atoms in total. The molecule has 0 aliphatic heterocycles. The molecule has 1 unspecified atom stereocenters. The van der Waals surface area contributed by atoms with Gasteiger partial charge in [0.05, 0.1) is 5.56 Å². The fourth-order valence-corrected chi connectivity index (χ4v) is 1.42. The van der Waals surface area contributed by atoms with Crippen molar-refractivity contribution in [3.8, 4) is 0 Å². The largest absolute Gasteiger partial charge is 0.416 e. The Labute approximate surface area is 92.3 Å². The highest BCUT2D eigenvalue weighted by Gasteiger charge is 2.31. The Morgan fingerprint density at radius 2 is 1.56 bits per heavy atom. The number of halogens is 4. The molecule has 0 aromatic heterocycles. The molecule has 0 aliphatic carbocycles. The molecular formula is C12H14F4. The van der Waals surface area contributed by atoms with Crippen LogP contribution in [0.1, 0.15) is 37.8 Å². The predicted octanol–water partition coefficient (Wildman–Crippen LogP) is 4.60. The molecule has 0 saturated heterocycles. The molecule has 0 amide bonds. The summed E-state index contributed by atoms with van der Waals surface area (Å²) < 4.78 is 50.4. The number of rotatable bonds is 2. The van der Waals surface area contributed by atoms with Crippen molar-refractivity contribution in [2.45, 2.75) is 32.9 Å². The number of benzene rings is 1. The molecule has 1 aromatic rings. The van der Waals surface area contributed by atoms with Gasteiger partial charge >= 0.3 is 6.18 Å². The third-order valence-corrected chi connectivity index (χ3v) is 2.77. The van der Waals surface area contributed by atoms with Crippen LogP contribution in [0.5, 0.6) is 0 Å². The van der Waals surface area contributed by atoms with E-state index >= 15 is 0 Å². The van der Waals surface area contributed by atoms with Crippen molar-refractivity contribution < 1.29 is 17.6 Å². The fraction of sp³-hybridized carbons (Fsp3) is 0.500. The monoisotopic (exact) mass is 234 g/mol. The summed E-state index contributed by atoms with van der Waals surface area (Å²) in [6.45, 7) is 5.57. The van der Waals surface area contributed by atoms with E-state index in [0.29, 0.717) is 11.6 Å². The lowest BCUT2D eigenvalue weighted by Crippen LogP contribution is -2.09. The van der Waals surface area contributed by atoms with Gasteiger partial charge in [0, 0.05) is 0 Å². The van der Waals surface area contributed by atoms with E-state index in [2.05, 4.69) is 0 Å². The maximum atomic E-state index is 13.1. The normalized spacial score (nSPS) is 14.2. The summed E-state index contributed by atoms with van der Waals surface area (Å²) in [5, 5.41) is 0. The topological polar surface area (TPSA) is 0 Å². The second kappa shape index (κ2) is 4.44. The molecule has 1 rings (SSSR count). The van der Waals surface area contributed by atoms with Gasteiger partial charge in [-0.05, 0) is 35.6 Å². The highest BCUT2D eigenvalue weighted by Crippen LogP contribution is 2.33. The lowest BCUT2D eigenvalue weighted by Gasteiger charge is -2.17. The molecular weight excluding hydrogens is 220 g/mol. The van der Waals surface area contributed by atoms with E-state index in [1.54, 1.807) is 6.92 Å². The SMILES string of the molecule is CC(C)C(C)c1cc(F)cc(C(F)(F)F)c1. The smallest absolute Gasteiger partial charge is 0.207 e. The van der Waals surface area contributed by atoms with Gasteiger partial charge in [0.1, 0.15) is 5.82 Å². The number of alkyl halides is 3. The van der Waals surface area contributed by atoms with Crippen LogP contribution in [0.3, 0.4) is 0 Å². The highest BCUT2D eigenvalue weighted by molar-refractivity contribution is 5.29. The predicted molar refractivity (Wildman–Crippen MR) is 54.7 cm³/mol. The summed E-state index contributed by atoms with van der Waals surface area (Å²) in [5.41, 5.74) is -0.530. The standard InChI is InChI=1S/C12H14F4/c1-7(2)8(3)9-4-10(12(14,15)16)6-11(13)5-9/h4-8H,1-3H3. The Bertz CT molecular complexity index is 366. The van der Waals surface area contributed by atoms with Crippen molar-refractivity contribution in [2.24, 2.45) is 5.92 Å². The first-order valence-corrected chi connectivity index (χ1v) is 5.09. The summed E-state index contributed by atoms with van der Waals surface area (Å²) in [6.07, 6.45) is -4.49. The second-order valence-electron chi connectivity index (χ2n) is 4.30. The Balaban J connectivity index is 3.18. The van der Waals surface area contributed by atoms with Crippen LogP contribution in [0, 0.1) is 11.7 Å². The van der Waals surface area contributed by atoms with Crippen LogP contribution in [0.4, 0.5) is 17.6 Å². The molecule has 0 bridgehead atoms. The van der Waals surface area contributed by atoms with Crippen molar-refractivity contribution in [3.63, 3.8) is 0 Å². The lowest BCUT2D eigenvalue weighted by atomic mass is 9.89. The van der Waals surface area contributed by atoms with Crippen molar-refractivity contribution in [3.05, 3.63) is 35.1 Å². The van der Waals surface area contributed by atoms with Crippen LogP contribution in [-0.4, -0.2) is 0 Å². The minimum Gasteiger partial charge on any atom is -0.207 e. The molecule has 16 heavy (non-hydrogen) atoms. The maximum absolute atomic E-state index is 13.1. The van der Waals surface area contributed by atoms with E-state index in [1.165, 1.54) is 6.07 Å². The number of hydrogen-bond acceptors (Lipinski definition) is 0. The summed E-state index contributed by atoms with van der Waals surface area (Å²) in [4.78, 5) is 0. The minimum absolute atomic E-state index is 0.100. The van der Waals surface area contributed by atoms with E-state index in [4.69, 9.17) is 0 Å². The lowest BCUT2D eigenvalue weighted by molar-refractivity contribution is -0.137. The van der Waals surface area contributed by atoms with Crippen LogP contribution in [0.15, 0.2) is 18.2 Å². The van der Waals surface area contributed by atoms with Crippen LogP contribution in [0.2, 0.25) is 0 Å². The second-order valence-corrected chi connectivity index (χ2v) is 4.30. The Morgan fingerprint density at radius 3 is 2.00 bits per heavy atom. The van der Waals surface area contributed by atoms with Gasteiger partial charge in [0.2, 0.25) is 0 Å². The first kappa shape index (κ1) is 13.0. The van der Waals surface area contributed by atoms with Gasteiger partial charge in [0.25, 0.3) is 0 Å². The highest BCUT2D eigenvalue weighted by atomic mass is 19.4. The van der Waals surface area contributed by atoms with E-state index < -0.39 is 17.6 Å². The Hall–Kier alpha value is -1.06. The average molecular weight is 234 g/mol. The molecule has 90 valence electrons. The number of hydrogen-bond donors (Lipinski definition) is 0. The van der Waals surface area contributed by atoms with E-state index in [0.717, 1.165) is 6.07 Å². The van der Waals surface area contributed by atoms with Crippen LogP contribution >= 0.6 is 0 Å². The van der Waals surface area contributed by atoms with Gasteiger partial charge in [-0.25, -0.2) is 4.39 Å². The summed E-state index contributed by atoms with van der Waals surface area (Å²) in [5.74, 6) is -0.767. The molecule has 0 N–H and O–H groups in total. The first-order valence-electron chi connectivity index (χ1n) is 5.09. The molecule has 1 aromatic carbocycles. The zero-order valence-corrected chi connectivity index (χ0v) is 9.40. The third kappa shape index (κ3) is 2.97. The van der Waals surface area contributed by atoms with E-state index in [9.17, 15) is 17.6 Å². The third-order valence-electron chi connectivity index (χ3n) is 2.77. The fourth-order valence-electron chi connectivity index (χ4n) is 1.42. The molecule has 0 spiro atoms. The molecule has 0 aliphatic rings. The molecule has 4 heteroatoms. The Kier molecular flexibility index (Phi) is 3.61. The molecule has 0 saturated carbocycles. The quantitative estimate of drug-likeness (QED) is 0.656. The van der Waals surface area contributed by atoms with Gasteiger partial charge in [-0.15, -0.1) is 0 Å². The summed E-state index contributed by atoms with van der Waals surface area (Å²) >= 11 is 0. The molecule has 0 fully saturated rings. The van der Waals surface area contributed by atoms with Crippen LogP contribution in [-0.2, 0) is 6.18 Å². The van der Waals surface area contributed by atoms with Gasteiger partial charge in [-0.2, -0.15) is 13.2 Å². The van der Waals surface area contributed by atoms with E-state index in [-0.39, 0.29) is 11.8 Å². The van der Waals surface area contributed by atoms with Gasteiger partial charge in [0.15, 0.2) is 0 Å². The van der Waals surface area contributed by atoms with Gasteiger partial charge < -0.3 is 0 Å². The van der Waals surface area contributed by atoms with Crippen LogP contribution in [0.25, 0.3) is 0 Å². The minimum atomic E-state index is -4.49. The van der Waals surface area contributed by atoms with E-state index in [1.807, 2.05) is 13.8 Å². The van der Waals surface area contributed by atoms with Crippen LogP contribution < -0.4 is 0 Å². The van der Waals surface area contributed by atoms with Crippen molar-refractivity contribution in [1.29, 1.82) is 0 Å². The summed E-state index contributed by atoms with van der Waals surface area (Å²) in [6, 6.07) is 2.71. The van der Waals surface area contributed by atoms with Crippen molar-refractivity contribution >= 4 is 0 Å². The summed E-state index contributed by atoms with van der Waals surface area (Å²) in [7, 11) is 0. The molecule has 0 heterocycles. The first-order chi connectivity index (χ1) is 7.21. The van der Waals surface area contributed by atoms with Crippen molar-refractivity contribution in [1.82, 2.24) is 0 Å². The molecule has 1 atom stereocenters. The molecule has 0 radical (unpaired) electrons. The average Bonchev–Trinajstić information content (AvgIpc) is 2.14. The zero-order chi connectivity index (χ0) is 12.5. The Morgan fingerprint density at radius 1 is 1.00 bits per heavy atom. The van der Waals surface area contributed by atoms with Gasteiger partial charge in [-0.1, -0.05) is 20.8 Å². The van der Waals surface area contributed by atoms with Gasteiger partial charge in [-0.3, -0.25) is 0 Å². The maximum Gasteiger partial charge on any atom is 0.416 e.